The van der Waals surface area contributed by atoms with Gasteiger partial charge >= 0.3 is 0 Å². The average molecular weight is 618 g/mol. The first-order valence-electron chi connectivity index (χ1n) is 16.4. The molecule has 0 unspecified atom stereocenters. The summed E-state index contributed by atoms with van der Waals surface area (Å²) in [6, 6.07) is 55.8. The van der Waals surface area contributed by atoms with Crippen molar-refractivity contribution in [2.75, 3.05) is 0 Å². The summed E-state index contributed by atoms with van der Waals surface area (Å²) in [7, 11) is 0. The van der Waals surface area contributed by atoms with E-state index >= 15 is 0 Å². The van der Waals surface area contributed by atoms with Crippen molar-refractivity contribution in [1.29, 1.82) is 0 Å². The normalized spacial score (nSPS) is 11.8. The van der Waals surface area contributed by atoms with Crippen molar-refractivity contribution in [1.82, 2.24) is 9.55 Å². The number of nitrogens with zero attached hydrogens (tertiary/aromatic N) is 3. The lowest BCUT2D eigenvalue weighted by Crippen LogP contribution is -1.99. The topological polar surface area (TPSA) is 30.2 Å². The molecule has 3 heteroatoms. The molecule has 0 aliphatic rings. The summed E-state index contributed by atoms with van der Waals surface area (Å²) in [6.07, 6.45) is 0. The molecule has 1 aromatic heterocycles. The Morgan fingerprint density at radius 3 is 1.98 bits per heavy atom. The molecule has 0 atom stereocenters. The maximum atomic E-state index is 5.20. The molecule has 0 saturated heterocycles. The molecule has 1 heterocycles. The number of aliphatic imine (C=N–C) groups is 1. The maximum absolute atomic E-state index is 5.20. The Morgan fingerprint density at radius 2 is 1.17 bits per heavy atom. The monoisotopic (exact) mass is 617 g/mol. The fourth-order valence-electron chi connectivity index (χ4n) is 6.68. The summed E-state index contributed by atoms with van der Waals surface area (Å²) in [5, 5.41) is 2.37. The molecule has 0 fully saturated rings. The Hall–Kier alpha value is -6.06. The number of hydrogen-bond acceptors (Lipinski definition) is 2. The molecule has 0 amide bonds. The van der Waals surface area contributed by atoms with Crippen LogP contribution in [0.1, 0.15) is 23.6 Å². The molecule has 0 bridgehead atoms. The van der Waals surface area contributed by atoms with Crippen molar-refractivity contribution < 1.29 is 0 Å². The molecule has 3 nitrogen and oxygen atoms in total. The van der Waals surface area contributed by atoms with Gasteiger partial charge in [0, 0.05) is 22.5 Å². The minimum Gasteiger partial charge on any atom is -0.292 e. The number of aryl methyl sites for hydroxylation is 2. The molecule has 8 rings (SSSR count). The summed E-state index contributed by atoms with van der Waals surface area (Å²) in [4.78, 5) is 10.3. The van der Waals surface area contributed by atoms with Crippen LogP contribution >= 0.6 is 0 Å². The van der Waals surface area contributed by atoms with Crippen LogP contribution in [0.3, 0.4) is 0 Å². The molecular weight excluding hydrogens is 583 g/mol. The first-order chi connectivity index (χ1) is 23.5. The molecular formula is C45H35N3. The van der Waals surface area contributed by atoms with Gasteiger partial charge in [-0.2, -0.15) is 0 Å². The molecule has 0 spiro atoms. The van der Waals surface area contributed by atoms with Gasteiger partial charge in [0.25, 0.3) is 0 Å². The van der Waals surface area contributed by atoms with Gasteiger partial charge in [-0.3, -0.25) is 9.56 Å². The number of imidazole rings is 1. The Morgan fingerprint density at radius 1 is 0.542 bits per heavy atom. The highest BCUT2D eigenvalue weighted by atomic mass is 15.1. The molecule has 0 radical (unpaired) electrons. The number of hydrogen-bond donors (Lipinski definition) is 0. The second kappa shape index (κ2) is 12.3. The van der Waals surface area contributed by atoms with Crippen molar-refractivity contribution in [2.24, 2.45) is 4.99 Å². The third-order valence-electron chi connectivity index (χ3n) is 9.26. The smallest absolute Gasteiger partial charge is 0.145 e. The summed E-state index contributed by atoms with van der Waals surface area (Å²) in [6.45, 7) is 6.41. The van der Waals surface area contributed by atoms with Crippen LogP contribution in [0.5, 0.6) is 0 Å². The number of fused-ring (bicyclic) bond motifs is 2. The highest BCUT2D eigenvalue weighted by molar-refractivity contribution is 6.06. The van der Waals surface area contributed by atoms with Crippen molar-refractivity contribution >= 4 is 33.2 Å². The van der Waals surface area contributed by atoms with E-state index in [0.717, 1.165) is 56.2 Å². The second-order valence-electron chi connectivity index (χ2n) is 12.4. The molecule has 0 N–H and O–H groups in total. The highest BCUT2D eigenvalue weighted by Gasteiger charge is 2.15. The van der Waals surface area contributed by atoms with E-state index in [4.69, 9.17) is 9.98 Å². The van der Waals surface area contributed by atoms with E-state index in [2.05, 4.69) is 171 Å². The number of aromatic nitrogens is 2. The lowest BCUT2D eigenvalue weighted by atomic mass is 9.94. The molecule has 7 aromatic carbocycles. The van der Waals surface area contributed by atoms with Gasteiger partial charge in [-0.05, 0) is 107 Å². The van der Waals surface area contributed by atoms with Crippen LogP contribution in [-0.2, 0) is 0 Å². The number of para-hydroxylation sites is 3. The van der Waals surface area contributed by atoms with Crippen LogP contribution in [0.15, 0.2) is 163 Å². The van der Waals surface area contributed by atoms with E-state index in [0.29, 0.717) is 0 Å². The van der Waals surface area contributed by atoms with Crippen LogP contribution in [0.4, 0.5) is 5.69 Å². The van der Waals surface area contributed by atoms with Gasteiger partial charge in [0.15, 0.2) is 0 Å². The summed E-state index contributed by atoms with van der Waals surface area (Å²) in [5.74, 6) is 0.939. The fraction of sp³-hybridized carbons (Fsp3) is 0.0667. The summed E-state index contributed by atoms with van der Waals surface area (Å²) < 4.78 is 2.25. The Bertz CT molecular complexity index is 2480. The zero-order chi connectivity index (χ0) is 32.6. The standard InChI is InChI=1S/C45H35N3/c1-30-13-7-8-16-39(30)41-18-10-9-17-40(41)32(3)46-43-29-36(22-21-31(43)2)34-23-24-35-28-37(26-25-33(35)27-34)45-47-42-19-11-12-20-44(42)48(45)38-14-5-4-6-15-38/h4-29H,1-3H3/b46-32+. The Balaban J connectivity index is 1.15. The van der Waals surface area contributed by atoms with E-state index in [1.54, 1.807) is 0 Å². The van der Waals surface area contributed by atoms with E-state index in [1.807, 2.05) is 12.1 Å². The largest absolute Gasteiger partial charge is 0.292 e. The lowest BCUT2D eigenvalue weighted by Gasteiger charge is -2.13. The highest BCUT2D eigenvalue weighted by Crippen LogP contribution is 2.34. The van der Waals surface area contributed by atoms with E-state index in [-0.39, 0.29) is 0 Å². The zero-order valence-electron chi connectivity index (χ0n) is 27.4. The van der Waals surface area contributed by atoms with Gasteiger partial charge in [0.1, 0.15) is 5.82 Å². The first kappa shape index (κ1) is 29.3. The van der Waals surface area contributed by atoms with Crippen LogP contribution in [-0.4, -0.2) is 15.3 Å². The second-order valence-corrected chi connectivity index (χ2v) is 12.4. The van der Waals surface area contributed by atoms with Crippen molar-refractivity contribution in [3.63, 3.8) is 0 Å². The molecule has 48 heavy (non-hydrogen) atoms. The maximum Gasteiger partial charge on any atom is 0.145 e. The number of benzene rings is 7. The molecule has 230 valence electrons. The van der Waals surface area contributed by atoms with Gasteiger partial charge < -0.3 is 0 Å². The SMILES string of the molecule is C/C(=N\c1cc(-c2ccc3cc(-c4nc5ccccc5n4-c4ccccc4)ccc3c2)ccc1C)c1ccccc1-c1ccccc1C. The Kier molecular flexibility index (Phi) is 7.51. The van der Waals surface area contributed by atoms with Crippen molar-refractivity contribution in [3.05, 3.63) is 174 Å². The fourth-order valence-corrected chi connectivity index (χ4v) is 6.68. The van der Waals surface area contributed by atoms with Crippen LogP contribution in [0, 0.1) is 13.8 Å². The third kappa shape index (κ3) is 5.40. The van der Waals surface area contributed by atoms with Gasteiger partial charge in [0.05, 0.1) is 16.7 Å². The van der Waals surface area contributed by atoms with Crippen LogP contribution in [0.25, 0.3) is 61.1 Å². The molecule has 0 aliphatic heterocycles. The van der Waals surface area contributed by atoms with Gasteiger partial charge in [-0.25, -0.2) is 4.98 Å². The summed E-state index contributed by atoms with van der Waals surface area (Å²) >= 11 is 0. The van der Waals surface area contributed by atoms with E-state index in [9.17, 15) is 0 Å². The predicted molar refractivity (Wildman–Crippen MR) is 203 cm³/mol. The molecule has 0 aliphatic carbocycles. The third-order valence-corrected chi connectivity index (χ3v) is 9.26. The molecule has 0 saturated carbocycles. The summed E-state index contributed by atoms with van der Waals surface area (Å²) in [5.41, 5.74) is 14.6. The lowest BCUT2D eigenvalue weighted by molar-refractivity contribution is 1.10. The van der Waals surface area contributed by atoms with E-state index < -0.39 is 0 Å². The van der Waals surface area contributed by atoms with E-state index in [1.165, 1.54) is 33.0 Å². The van der Waals surface area contributed by atoms with Crippen molar-refractivity contribution in [2.45, 2.75) is 20.8 Å². The van der Waals surface area contributed by atoms with Gasteiger partial charge in [-0.15, -0.1) is 0 Å². The quantitative estimate of drug-likeness (QED) is 0.171. The number of rotatable bonds is 6. The molecule has 8 aromatic rings. The minimum atomic E-state index is 0.939. The zero-order valence-corrected chi connectivity index (χ0v) is 27.4. The average Bonchev–Trinajstić information content (AvgIpc) is 3.52. The van der Waals surface area contributed by atoms with Gasteiger partial charge in [-0.1, -0.05) is 115 Å². The van der Waals surface area contributed by atoms with Crippen molar-refractivity contribution in [3.8, 4) is 39.3 Å². The Labute approximate surface area is 281 Å². The van der Waals surface area contributed by atoms with Crippen LogP contribution in [0.2, 0.25) is 0 Å². The van der Waals surface area contributed by atoms with Gasteiger partial charge in [0.2, 0.25) is 0 Å². The minimum absolute atomic E-state index is 0.939. The predicted octanol–water partition coefficient (Wildman–Crippen LogP) is 11.9. The van der Waals surface area contributed by atoms with Crippen LogP contribution < -0.4 is 0 Å². The first-order valence-corrected chi connectivity index (χ1v) is 16.4.